The van der Waals surface area contributed by atoms with Gasteiger partial charge in [0.2, 0.25) is 0 Å². The minimum atomic E-state index is -0.0998. The van der Waals surface area contributed by atoms with E-state index in [1.807, 2.05) is 6.20 Å². The molecular weight excluding hydrogens is 1180 g/mol. The maximum Gasteiger partial charge on any atom is 0.269 e. The van der Waals surface area contributed by atoms with Gasteiger partial charge >= 0.3 is 0 Å². The zero-order chi connectivity index (χ0) is 64.2. The standard InChI is InChI=1S/C90H62N6O/c1-90(2,3)61-45-46-91-86(51-61)95-79-38-15-13-32-72(79)77-53-84-85(54-83(77)95)97-64-25-18-24-62(52-64)92-55-93-88-65(33-19-35-73(88)68-28-9-7-26-66(68)67-27-8-10-29-69(67)74-36-20-40-82(92)89(74)93)60-48-59(57-21-5-4-6-22-57)49-63(50-60)94-78-37-14-12-31-71(78)76-47-56(42-44-81(76)94)41-43-58-23-17-34-75-70-30-11-16-39-80(70)96(84)87(58)75/h4-40,42,44-54H,41,43H2,1-3H3. The summed E-state index contributed by atoms with van der Waals surface area (Å²) < 4.78 is 19.6. The molecule has 3 aliphatic heterocycles. The molecule has 10 bridgehead atoms. The van der Waals surface area contributed by atoms with E-state index in [0.717, 1.165) is 141 Å². The molecule has 0 fully saturated rings. The quantitative estimate of drug-likeness (QED) is 0.128. The van der Waals surface area contributed by atoms with Crippen LogP contribution < -0.4 is 9.30 Å². The fraction of sp³-hybridized carbons (Fsp3) is 0.0667. The highest BCUT2D eigenvalue weighted by Gasteiger charge is 2.29. The average molecular weight is 1240 g/mol. The second-order valence-corrected chi connectivity index (χ2v) is 27.2. The minimum absolute atomic E-state index is 0.0998. The molecule has 7 nitrogen and oxygen atoms in total. The van der Waals surface area contributed by atoms with Gasteiger partial charge in [0.05, 0.1) is 61.2 Å². The Labute approximate surface area is 560 Å². The van der Waals surface area contributed by atoms with Crippen LogP contribution in [0.25, 0.3) is 161 Å². The van der Waals surface area contributed by atoms with Crippen molar-refractivity contribution in [2.75, 3.05) is 0 Å². The lowest BCUT2D eigenvalue weighted by atomic mass is 9.88. The molecule has 0 unspecified atom stereocenters. The average Bonchev–Trinajstić information content (AvgIpc) is 1.61. The SMILES string of the molecule is CC(C)(C)c1ccnc(-n2c3ccccc3c3cc4c(cc32)Oc2cccc(c2)-n2[c-][n+]3c5c(cccc52)-c2ccccc2-c2ccccc2-c2cccc(c2-3)-c2cc(-c3ccccc3)cc(c2)-n2c3ccccc3c3cc(ccc32)CCc2cccc3c5ccccc5n-4c23)c1. The Morgan fingerprint density at radius 1 is 0.392 bits per heavy atom. The van der Waals surface area contributed by atoms with E-state index in [1.54, 1.807) is 0 Å². The van der Waals surface area contributed by atoms with E-state index in [2.05, 4.69) is 341 Å². The summed E-state index contributed by atoms with van der Waals surface area (Å²) in [5.74, 6) is 2.25. The van der Waals surface area contributed by atoms with Crippen molar-refractivity contribution in [1.82, 2.24) is 23.3 Å². The number of benzene rings is 13. The molecule has 3 aliphatic rings. The summed E-state index contributed by atoms with van der Waals surface area (Å²) >= 11 is 0. The molecular formula is C90H62N6O. The van der Waals surface area contributed by atoms with Gasteiger partial charge in [0.15, 0.2) is 5.75 Å². The molecule has 97 heavy (non-hydrogen) atoms. The number of pyridine rings is 1. The summed E-state index contributed by atoms with van der Waals surface area (Å²) in [5, 5.41) is 7.06. The number of nitrogens with zero attached hydrogens (tertiary/aromatic N) is 6. The number of fused-ring (bicyclic) bond motifs is 13. The fourth-order valence-electron chi connectivity index (χ4n) is 16.1. The molecule has 0 N–H and O–H groups in total. The molecule has 458 valence electrons. The van der Waals surface area contributed by atoms with E-state index in [9.17, 15) is 0 Å². The third kappa shape index (κ3) is 8.47. The highest BCUT2D eigenvalue weighted by Crippen LogP contribution is 2.48. The first-order valence-electron chi connectivity index (χ1n) is 33.6. The summed E-state index contributed by atoms with van der Waals surface area (Å²) in [7, 11) is 0. The molecule has 8 heterocycles. The number of imidazole rings is 1. The third-order valence-electron chi connectivity index (χ3n) is 20.6. The lowest BCUT2D eigenvalue weighted by Gasteiger charge is -2.20. The molecule has 21 rings (SSSR count). The van der Waals surface area contributed by atoms with Crippen molar-refractivity contribution >= 4 is 76.5 Å². The smallest absolute Gasteiger partial charge is 0.269 e. The van der Waals surface area contributed by atoms with E-state index < -0.39 is 0 Å². The highest BCUT2D eigenvalue weighted by atomic mass is 16.5. The lowest BCUT2D eigenvalue weighted by molar-refractivity contribution is -0.570. The van der Waals surface area contributed by atoms with Crippen LogP contribution in [0.5, 0.6) is 11.5 Å². The zero-order valence-corrected chi connectivity index (χ0v) is 53.8. The Kier molecular flexibility index (Phi) is 12.0. The Morgan fingerprint density at radius 2 is 0.979 bits per heavy atom. The molecule has 18 aromatic rings. The van der Waals surface area contributed by atoms with Crippen LogP contribution in [-0.4, -0.2) is 23.3 Å². The van der Waals surface area contributed by atoms with Crippen LogP contribution in [0.3, 0.4) is 0 Å². The molecule has 0 spiro atoms. The predicted octanol–water partition coefficient (Wildman–Crippen LogP) is 22.2. The van der Waals surface area contributed by atoms with Gasteiger partial charge in [-0.2, -0.15) is 0 Å². The number of hydrogen-bond acceptors (Lipinski definition) is 2. The van der Waals surface area contributed by atoms with E-state index in [1.165, 1.54) is 49.4 Å². The van der Waals surface area contributed by atoms with E-state index >= 15 is 0 Å². The molecule has 0 radical (unpaired) electrons. The number of ether oxygens (including phenoxy) is 1. The van der Waals surface area contributed by atoms with Crippen molar-refractivity contribution in [1.29, 1.82) is 0 Å². The Balaban J connectivity index is 0.910. The minimum Gasteiger partial charge on any atom is -0.456 e. The van der Waals surface area contributed by atoms with E-state index in [-0.39, 0.29) is 5.41 Å². The van der Waals surface area contributed by atoms with Gasteiger partial charge in [0.25, 0.3) is 6.33 Å². The molecule has 7 heteroatoms. The van der Waals surface area contributed by atoms with Crippen molar-refractivity contribution in [3.8, 4) is 95.7 Å². The van der Waals surface area contributed by atoms with Gasteiger partial charge in [-0.15, -0.1) is 0 Å². The van der Waals surface area contributed by atoms with Gasteiger partial charge in [-0.05, 0) is 176 Å². The van der Waals surface area contributed by atoms with Gasteiger partial charge in [-0.25, -0.2) is 4.98 Å². The van der Waals surface area contributed by atoms with Gasteiger partial charge in [-0.3, -0.25) is 13.7 Å². The van der Waals surface area contributed by atoms with Crippen LogP contribution in [0.15, 0.2) is 297 Å². The maximum atomic E-state index is 7.72. The summed E-state index contributed by atoms with van der Waals surface area (Å²) in [6.45, 7) is 6.79. The molecule has 5 aromatic heterocycles. The third-order valence-corrected chi connectivity index (χ3v) is 20.6. The predicted molar refractivity (Wildman–Crippen MR) is 398 cm³/mol. The van der Waals surface area contributed by atoms with Crippen LogP contribution in [0.2, 0.25) is 0 Å². The van der Waals surface area contributed by atoms with Gasteiger partial charge in [0, 0.05) is 50.3 Å². The number of para-hydroxylation sites is 6. The first-order valence-corrected chi connectivity index (χ1v) is 33.6. The van der Waals surface area contributed by atoms with Crippen LogP contribution >= 0.6 is 0 Å². The van der Waals surface area contributed by atoms with Crippen molar-refractivity contribution < 1.29 is 9.30 Å². The van der Waals surface area contributed by atoms with Crippen molar-refractivity contribution in [3.63, 3.8) is 0 Å². The van der Waals surface area contributed by atoms with Crippen molar-refractivity contribution in [3.05, 3.63) is 320 Å². The number of hydrogen-bond donors (Lipinski definition) is 0. The second kappa shape index (κ2) is 21.1. The lowest BCUT2D eigenvalue weighted by Crippen LogP contribution is -2.32. The molecule has 0 saturated carbocycles. The van der Waals surface area contributed by atoms with Gasteiger partial charge in [0.1, 0.15) is 11.6 Å². The molecule has 0 saturated heterocycles. The van der Waals surface area contributed by atoms with Crippen molar-refractivity contribution in [2.45, 2.75) is 39.0 Å². The van der Waals surface area contributed by atoms with E-state index in [4.69, 9.17) is 9.72 Å². The summed E-state index contributed by atoms with van der Waals surface area (Å²) in [6.07, 6.45) is 7.71. The van der Waals surface area contributed by atoms with Crippen LogP contribution in [-0.2, 0) is 18.3 Å². The normalized spacial score (nSPS) is 12.7. The van der Waals surface area contributed by atoms with E-state index in [0.29, 0.717) is 11.5 Å². The van der Waals surface area contributed by atoms with Crippen LogP contribution in [0.1, 0.15) is 37.5 Å². The Hall–Kier alpha value is -12.3. The summed E-state index contributed by atoms with van der Waals surface area (Å²) in [5.41, 5.74) is 27.6. The number of aryl methyl sites for hydroxylation is 2. The first kappa shape index (κ1) is 55.2. The highest BCUT2D eigenvalue weighted by molar-refractivity contribution is 6.14. The number of aromatic nitrogens is 6. The second-order valence-electron chi connectivity index (χ2n) is 27.2. The molecule has 0 aliphatic carbocycles. The molecule has 0 atom stereocenters. The monoisotopic (exact) mass is 1240 g/mol. The molecule has 13 aromatic carbocycles. The Bertz CT molecular complexity index is 6340. The zero-order valence-electron chi connectivity index (χ0n) is 53.8. The maximum absolute atomic E-state index is 7.72. The Morgan fingerprint density at radius 3 is 1.75 bits per heavy atom. The molecule has 0 amide bonds. The van der Waals surface area contributed by atoms with Gasteiger partial charge in [-0.1, -0.05) is 221 Å². The summed E-state index contributed by atoms with van der Waals surface area (Å²) in [4.78, 5) is 5.14. The van der Waals surface area contributed by atoms with Crippen molar-refractivity contribution in [2.24, 2.45) is 0 Å². The first-order chi connectivity index (χ1) is 47.7. The van der Waals surface area contributed by atoms with Crippen LogP contribution in [0, 0.1) is 6.33 Å². The van der Waals surface area contributed by atoms with Crippen LogP contribution in [0.4, 0.5) is 0 Å². The largest absolute Gasteiger partial charge is 0.456 e. The van der Waals surface area contributed by atoms with Gasteiger partial charge < -0.3 is 13.9 Å². The number of rotatable bonds is 2. The summed E-state index contributed by atoms with van der Waals surface area (Å²) in [6, 6.07) is 108. The topological polar surface area (TPSA) is 45.7 Å². The fourth-order valence-corrected chi connectivity index (χ4v) is 16.1.